The van der Waals surface area contributed by atoms with Crippen molar-refractivity contribution in [2.24, 2.45) is 4.99 Å². The number of hydrogen-bond donors (Lipinski definition) is 1. The molecule has 0 aromatic heterocycles. The van der Waals surface area contributed by atoms with Crippen LogP contribution in [-0.2, 0) is 17.8 Å². The minimum Gasteiger partial charge on any atom is -0.354 e. The first-order valence-corrected chi connectivity index (χ1v) is 8.34. The minimum atomic E-state index is 0. The van der Waals surface area contributed by atoms with E-state index >= 15 is 0 Å². The normalized spacial score (nSPS) is 15.2. The highest BCUT2D eigenvalue weighted by Crippen LogP contribution is 2.18. The van der Waals surface area contributed by atoms with Gasteiger partial charge in [0.2, 0.25) is 5.91 Å². The number of amides is 1. The second kappa shape index (κ2) is 9.86. The van der Waals surface area contributed by atoms with Gasteiger partial charge in [-0.05, 0) is 30.9 Å². The van der Waals surface area contributed by atoms with Crippen LogP contribution in [0.1, 0.15) is 31.4 Å². The Kier molecular flexibility index (Phi) is 8.52. The molecule has 0 aliphatic carbocycles. The minimum absolute atomic E-state index is 0. The Bertz CT molecular complexity index is 574. The van der Waals surface area contributed by atoms with Crippen LogP contribution in [0.3, 0.4) is 0 Å². The summed E-state index contributed by atoms with van der Waals surface area (Å²) in [5, 5.41) is 3.47. The first-order chi connectivity index (χ1) is 11.0. The van der Waals surface area contributed by atoms with E-state index in [1.807, 2.05) is 0 Å². The predicted molar refractivity (Wildman–Crippen MR) is 110 cm³/mol. The van der Waals surface area contributed by atoms with Crippen molar-refractivity contribution in [1.29, 1.82) is 0 Å². The molecule has 1 N–H and O–H groups in total. The number of carbonyl (C=O) groups excluding carboxylic acids is 1. The fourth-order valence-corrected chi connectivity index (χ4v) is 2.52. The Balaban J connectivity index is 0.00000288. The van der Waals surface area contributed by atoms with E-state index in [9.17, 15) is 4.79 Å². The first-order valence-electron chi connectivity index (χ1n) is 8.34. The van der Waals surface area contributed by atoms with Crippen LogP contribution in [0.2, 0.25) is 0 Å². The number of nitrogens with one attached hydrogen (secondary N) is 1. The summed E-state index contributed by atoms with van der Waals surface area (Å²) in [5.74, 6) is 0.856. The van der Waals surface area contributed by atoms with Gasteiger partial charge in [0.15, 0.2) is 5.96 Å². The molecular formula is C18H29IN4O. The summed E-state index contributed by atoms with van der Waals surface area (Å²) >= 11 is 0. The van der Waals surface area contributed by atoms with Gasteiger partial charge in [0.25, 0.3) is 0 Å². The third kappa shape index (κ3) is 5.65. The Hall–Kier alpha value is -1.31. The van der Waals surface area contributed by atoms with Crippen LogP contribution < -0.4 is 5.32 Å². The van der Waals surface area contributed by atoms with E-state index < -0.39 is 0 Å². The summed E-state index contributed by atoms with van der Waals surface area (Å²) in [6.45, 7) is 6.24. The lowest BCUT2D eigenvalue weighted by molar-refractivity contribution is -0.127. The van der Waals surface area contributed by atoms with Crippen molar-refractivity contribution in [2.45, 2.75) is 39.3 Å². The number of likely N-dealkylation sites (N-methyl/N-ethyl adjacent to an activating group) is 1. The molecule has 24 heavy (non-hydrogen) atoms. The Morgan fingerprint density at radius 2 is 2.00 bits per heavy atom. The standard InChI is InChI=1S/C18H28N4O.HI/c1-5-14(2)20-18(19-12-17(23)21(3)4)22-11-10-15-8-6-7-9-16(15)13-22;/h6-9,14H,5,10-13H2,1-4H3,(H,19,20);1H. The number of aliphatic imine (C=N–C) groups is 1. The molecule has 1 heterocycles. The molecule has 1 unspecified atom stereocenters. The molecule has 0 fully saturated rings. The van der Waals surface area contributed by atoms with Crippen LogP contribution in [0, 0.1) is 0 Å². The van der Waals surface area contributed by atoms with E-state index in [1.165, 1.54) is 11.1 Å². The molecule has 0 saturated heterocycles. The van der Waals surface area contributed by atoms with Crippen molar-refractivity contribution in [2.75, 3.05) is 27.2 Å². The highest BCUT2D eigenvalue weighted by molar-refractivity contribution is 14.0. The molecule has 1 aromatic carbocycles. The molecule has 0 bridgehead atoms. The number of rotatable bonds is 4. The predicted octanol–water partition coefficient (Wildman–Crippen LogP) is 2.50. The summed E-state index contributed by atoms with van der Waals surface area (Å²) in [5.41, 5.74) is 2.76. The van der Waals surface area contributed by atoms with Gasteiger partial charge in [-0.3, -0.25) is 4.79 Å². The largest absolute Gasteiger partial charge is 0.354 e. The Morgan fingerprint density at radius 1 is 1.33 bits per heavy atom. The maximum absolute atomic E-state index is 11.9. The maximum Gasteiger partial charge on any atom is 0.243 e. The molecule has 0 radical (unpaired) electrons. The van der Waals surface area contributed by atoms with Crippen LogP contribution in [0.25, 0.3) is 0 Å². The molecule has 1 atom stereocenters. The average Bonchev–Trinajstić information content (AvgIpc) is 2.57. The van der Waals surface area contributed by atoms with Crippen LogP contribution in [0.15, 0.2) is 29.3 Å². The van der Waals surface area contributed by atoms with E-state index in [0.29, 0.717) is 6.04 Å². The monoisotopic (exact) mass is 444 g/mol. The zero-order valence-electron chi connectivity index (χ0n) is 15.1. The summed E-state index contributed by atoms with van der Waals surface area (Å²) in [6, 6.07) is 8.88. The molecule has 1 aliphatic rings. The number of carbonyl (C=O) groups is 1. The number of fused-ring (bicyclic) bond motifs is 1. The number of benzene rings is 1. The molecule has 0 spiro atoms. The SMILES string of the molecule is CCC(C)NC(=NCC(=O)N(C)C)N1CCc2ccccc2C1.I. The summed E-state index contributed by atoms with van der Waals surface area (Å²) in [6.07, 6.45) is 2.03. The molecule has 1 aliphatic heterocycles. The van der Waals surface area contributed by atoms with Gasteiger partial charge in [-0.25, -0.2) is 4.99 Å². The van der Waals surface area contributed by atoms with Gasteiger partial charge in [0.1, 0.15) is 6.54 Å². The lowest BCUT2D eigenvalue weighted by Gasteiger charge is -2.33. The fourth-order valence-electron chi connectivity index (χ4n) is 2.52. The molecule has 1 aromatic rings. The van der Waals surface area contributed by atoms with Gasteiger partial charge in [0.05, 0.1) is 0 Å². The maximum atomic E-state index is 11.9. The van der Waals surface area contributed by atoms with Gasteiger partial charge in [-0.15, -0.1) is 24.0 Å². The van der Waals surface area contributed by atoms with E-state index in [2.05, 4.69) is 53.3 Å². The van der Waals surface area contributed by atoms with E-state index in [-0.39, 0.29) is 36.4 Å². The summed E-state index contributed by atoms with van der Waals surface area (Å²) in [7, 11) is 3.52. The van der Waals surface area contributed by atoms with Crippen molar-refractivity contribution >= 4 is 35.8 Å². The summed E-state index contributed by atoms with van der Waals surface area (Å²) < 4.78 is 0. The van der Waals surface area contributed by atoms with Crippen molar-refractivity contribution in [3.63, 3.8) is 0 Å². The number of hydrogen-bond acceptors (Lipinski definition) is 2. The molecule has 134 valence electrons. The smallest absolute Gasteiger partial charge is 0.243 e. The van der Waals surface area contributed by atoms with Gasteiger partial charge >= 0.3 is 0 Å². The van der Waals surface area contributed by atoms with Gasteiger partial charge in [0, 0.05) is 33.2 Å². The van der Waals surface area contributed by atoms with Crippen molar-refractivity contribution < 1.29 is 4.79 Å². The Labute approximate surface area is 162 Å². The molecule has 6 heteroatoms. The lowest BCUT2D eigenvalue weighted by Crippen LogP contribution is -2.47. The number of guanidine groups is 1. The average molecular weight is 444 g/mol. The van der Waals surface area contributed by atoms with E-state index in [4.69, 9.17) is 0 Å². The second-order valence-electron chi connectivity index (χ2n) is 6.32. The molecular weight excluding hydrogens is 415 g/mol. The zero-order chi connectivity index (χ0) is 16.8. The third-order valence-corrected chi connectivity index (χ3v) is 4.28. The molecule has 1 amide bonds. The van der Waals surface area contributed by atoms with Gasteiger partial charge in [-0.2, -0.15) is 0 Å². The number of nitrogens with zero attached hydrogens (tertiary/aromatic N) is 3. The quantitative estimate of drug-likeness (QED) is 0.441. The van der Waals surface area contributed by atoms with E-state index in [0.717, 1.165) is 31.9 Å². The highest BCUT2D eigenvalue weighted by atomic mass is 127. The third-order valence-electron chi connectivity index (χ3n) is 4.28. The van der Waals surface area contributed by atoms with Gasteiger partial charge in [-0.1, -0.05) is 31.2 Å². The first kappa shape index (κ1) is 20.7. The van der Waals surface area contributed by atoms with Crippen molar-refractivity contribution in [3.8, 4) is 0 Å². The number of halogens is 1. The second-order valence-corrected chi connectivity index (χ2v) is 6.32. The van der Waals surface area contributed by atoms with Crippen LogP contribution >= 0.6 is 24.0 Å². The van der Waals surface area contributed by atoms with Crippen LogP contribution in [0.4, 0.5) is 0 Å². The van der Waals surface area contributed by atoms with Crippen LogP contribution in [-0.4, -0.2) is 54.9 Å². The molecule has 0 saturated carbocycles. The highest BCUT2D eigenvalue weighted by Gasteiger charge is 2.20. The van der Waals surface area contributed by atoms with Gasteiger partial charge < -0.3 is 15.1 Å². The van der Waals surface area contributed by atoms with Crippen LogP contribution in [0.5, 0.6) is 0 Å². The molecule has 2 rings (SSSR count). The Morgan fingerprint density at radius 3 is 2.62 bits per heavy atom. The van der Waals surface area contributed by atoms with Crippen molar-refractivity contribution in [3.05, 3.63) is 35.4 Å². The van der Waals surface area contributed by atoms with Crippen molar-refractivity contribution in [1.82, 2.24) is 15.1 Å². The topological polar surface area (TPSA) is 47.9 Å². The zero-order valence-corrected chi connectivity index (χ0v) is 17.4. The summed E-state index contributed by atoms with van der Waals surface area (Å²) in [4.78, 5) is 20.3. The fraction of sp³-hybridized carbons (Fsp3) is 0.556. The molecule has 5 nitrogen and oxygen atoms in total. The van der Waals surface area contributed by atoms with E-state index in [1.54, 1.807) is 19.0 Å². The lowest BCUT2D eigenvalue weighted by atomic mass is 10.0.